The zero-order valence-corrected chi connectivity index (χ0v) is 10.7. The molecule has 0 saturated heterocycles. The van der Waals surface area contributed by atoms with Crippen LogP contribution in [0, 0.1) is 0 Å². The van der Waals surface area contributed by atoms with Gasteiger partial charge in [0.05, 0.1) is 6.33 Å². The SMILES string of the molecule is O=C(Nc1ccccn1)c1ccccc1.c1c[nH]cn1. The molecule has 3 rings (SSSR count). The van der Waals surface area contributed by atoms with Crippen LogP contribution in [-0.4, -0.2) is 20.9 Å². The van der Waals surface area contributed by atoms with Gasteiger partial charge in [-0.3, -0.25) is 4.79 Å². The van der Waals surface area contributed by atoms with Crippen LogP contribution in [0.25, 0.3) is 0 Å². The molecule has 0 unspecified atom stereocenters. The van der Waals surface area contributed by atoms with E-state index >= 15 is 0 Å². The number of nitrogens with zero attached hydrogens (tertiary/aromatic N) is 2. The van der Waals surface area contributed by atoms with Crippen molar-refractivity contribution in [2.24, 2.45) is 0 Å². The molecule has 0 aliphatic carbocycles. The van der Waals surface area contributed by atoms with E-state index in [9.17, 15) is 4.79 Å². The fourth-order valence-corrected chi connectivity index (χ4v) is 1.43. The van der Waals surface area contributed by atoms with E-state index in [1.54, 1.807) is 49.2 Å². The van der Waals surface area contributed by atoms with E-state index in [0.717, 1.165) is 0 Å². The van der Waals surface area contributed by atoms with Crippen LogP contribution in [0.1, 0.15) is 10.4 Å². The average Bonchev–Trinajstić information content (AvgIpc) is 3.09. The van der Waals surface area contributed by atoms with Gasteiger partial charge in [-0.05, 0) is 24.3 Å². The Morgan fingerprint density at radius 1 is 1.00 bits per heavy atom. The maximum atomic E-state index is 11.7. The standard InChI is InChI=1S/C12H10N2O.C3H4N2/c15-12(10-6-2-1-3-7-10)14-11-8-4-5-9-13-11;1-2-5-3-4-1/h1-9H,(H,13,14,15);1-3H,(H,4,5). The molecule has 2 N–H and O–H groups in total. The third-order valence-electron chi connectivity index (χ3n) is 2.35. The first-order chi connectivity index (χ1) is 9.86. The van der Waals surface area contributed by atoms with Crippen molar-refractivity contribution >= 4 is 11.7 Å². The highest BCUT2D eigenvalue weighted by Gasteiger charge is 2.04. The molecule has 5 nitrogen and oxygen atoms in total. The van der Waals surface area contributed by atoms with Gasteiger partial charge in [-0.15, -0.1) is 0 Å². The number of H-pyrrole nitrogens is 1. The van der Waals surface area contributed by atoms with E-state index in [1.165, 1.54) is 0 Å². The molecule has 1 amide bonds. The van der Waals surface area contributed by atoms with E-state index in [-0.39, 0.29) is 5.91 Å². The molecule has 5 heteroatoms. The van der Waals surface area contributed by atoms with E-state index in [4.69, 9.17) is 0 Å². The molecule has 20 heavy (non-hydrogen) atoms. The van der Waals surface area contributed by atoms with Crippen LogP contribution in [0.5, 0.6) is 0 Å². The summed E-state index contributed by atoms with van der Waals surface area (Å²) in [6, 6.07) is 14.4. The third kappa shape index (κ3) is 4.38. The molecule has 0 bridgehead atoms. The summed E-state index contributed by atoms with van der Waals surface area (Å²) in [6.45, 7) is 0. The number of benzene rings is 1. The van der Waals surface area contributed by atoms with Crippen LogP contribution in [0.2, 0.25) is 0 Å². The molecular weight excluding hydrogens is 252 g/mol. The second-order valence-electron chi connectivity index (χ2n) is 3.80. The van der Waals surface area contributed by atoms with Gasteiger partial charge in [0.25, 0.3) is 5.91 Å². The van der Waals surface area contributed by atoms with Crippen LogP contribution in [0.15, 0.2) is 73.4 Å². The Balaban J connectivity index is 0.000000247. The zero-order valence-electron chi connectivity index (χ0n) is 10.7. The van der Waals surface area contributed by atoms with Crippen molar-refractivity contribution in [3.05, 3.63) is 79.0 Å². The fourth-order valence-electron chi connectivity index (χ4n) is 1.43. The molecule has 0 atom stereocenters. The van der Waals surface area contributed by atoms with Crippen molar-refractivity contribution in [1.29, 1.82) is 0 Å². The first-order valence-electron chi connectivity index (χ1n) is 6.06. The zero-order chi connectivity index (χ0) is 14.0. The van der Waals surface area contributed by atoms with Crippen LogP contribution in [-0.2, 0) is 0 Å². The molecule has 0 spiro atoms. The number of carbonyl (C=O) groups is 1. The maximum Gasteiger partial charge on any atom is 0.256 e. The van der Waals surface area contributed by atoms with Gasteiger partial charge >= 0.3 is 0 Å². The van der Waals surface area contributed by atoms with Crippen molar-refractivity contribution in [3.8, 4) is 0 Å². The molecule has 100 valence electrons. The lowest BCUT2D eigenvalue weighted by atomic mass is 10.2. The smallest absolute Gasteiger partial charge is 0.256 e. The number of hydrogen-bond donors (Lipinski definition) is 2. The summed E-state index contributed by atoms with van der Waals surface area (Å²) in [4.78, 5) is 22.1. The minimum absolute atomic E-state index is 0.144. The molecule has 2 aromatic heterocycles. The Bertz CT molecular complexity index is 592. The van der Waals surface area contributed by atoms with Crippen molar-refractivity contribution in [2.45, 2.75) is 0 Å². The van der Waals surface area contributed by atoms with Gasteiger partial charge in [0.1, 0.15) is 5.82 Å². The molecule has 0 aliphatic heterocycles. The van der Waals surface area contributed by atoms with E-state index in [0.29, 0.717) is 11.4 Å². The van der Waals surface area contributed by atoms with Gasteiger partial charge in [-0.25, -0.2) is 9.97 Å². The number of aromatic amines is 1. The number of amides is 1. The second kappa shape index (κ2) is 7.48. The van der Waals surface area contributed by atoms with E-state index in [1.807, 2.05) is 24.3 Å². The number of anilines is 1. The predicted octanol–water partition coefficient (Wildman–Crippen LogP) is 2.74. The number of rotatable bonds is 2. The number of pyridine rings is 1. The van der Waals surface area contributed by atoms with Crippen molar-refractivity contribution in [3.63, 3.8) is 0 Å². The fraction of sp³-hybridized carbons (Fsp3) is 0. The topological polar surface area (TPSA) is 70.7 Å². The third-order valence-corrected chi connectivity index (χ3v) is 2.35. The average molecular weight is 266 g/mol. The van der Waals surface area contributed by atoms with Gasteiger partial charge in [0.2, 0.25) is 0 Å². The summed E-state index contributed by atoms with van der Waals surface area (Å²) < 4.78 is 0. The minimum atomic E-state index is -0.144. The lowest BCUT2D eigenvalue weighted by molar-refractivity contribution is 0.102. The second-order valence-corrected chi connectivity index (χ2v) is 3.80. The lowest BCUT2D eigenvalue weighted by Gasteiger charge is -2.02. The molecule has 0 aliphatic rings. The Kier molecular flexibility index (Phi) is 5.04. The highest BCUT2D eigenvalue weighted by Crippen LogP contribution is 2.04. The Hall–Kier alpha value is -2.95. The van der Waals surface area contributed by atoms with Crippen LogP contribution < -0.4 is 5.32 Å². The van der Waals surface area contributed by atoms with Crippen molar-refractivity contribution in [2.75, 3.05) is 5.32 Å². The minimum Gasteiger partial charge on any atom is -0.351 e. The predicted molar refractivity (Wildman–Crippen MR) is 77.2 cm³/mol. The number of nitrogens with one attached hydrogen (secondary N) is 2. The molecular formula is C15H14N4O. The molecule has 3 aromatic rings. The Labute approximate surface area is 116 Å². The van der Waals surface area contributed by atoms with Gasteiger partial charge in [-0.1, -0.05) is 24.3 Å². The summed E-state index contributed by atoms with van der Waals surface area (Å²) in [6.07, 6.45) is 6.72. The molecule has 0 saturated carbocycles. The van der Waals surface area contributed by atoms with Gasteiger partial charge in [-0.2, -0.15) is 0 Å². The van der Waals surface area contributed by atoms with Crippen LogP contribution in [0.4, 0.5) is 5.82 Å². The maximum absolute atomic E-state index is 11.7. The number of hydrogen-bond acceptors (Lipinski definition) is 3. The monoisotopic (exact) mass is 266 g/mol. The summed E-state index contributed by atoms with van der Waals surface area (Å²) >= 11 is 0. The van der Waals surface area contributed by atoms with Crippen molar-refractivity contribution in [1.82, 2.24) is 15.0 Å². The number of aromatic nitrogens is 3. The molecule has 1 aromatic carbocycles. The van der Waals surface area contributed by atoms with Gasteiger partial charge in [0, 0.05) is 24.2 Å². The number of carbonyl (C=O) groups excluding carboxylic acids is 1. The van der Waals surface area contributed by atoms with Crippen LogP contribution in [0.3, 0.4) is 0 Å². The van der Waals surface area contributed by atoms with Crippen molar-refractivity contribution < 1.29 is 4.79 Å². The van der Waals surface area contributed by atoms with Gasteiger partial charge < -0.3 is 10.3 Å². The lowest BCUT2D eigenvalue weighted by Crippen LogP contribution is -2.12. The van der Waals surface area contributed by atoms with Crippen LogP contribution >= 0.6 is 0 Å². The quantitative estimate of drug-likeness (QED) is 0.749. The highest BCUT2D eigenvalue weighted by molar-refractivity contribution is 6.03. The van der Waals surface area contributed by atoms with E-state index in [2.05, 4.69) is 20.3 Å². The Morgan fingerprint density at radius 2 is 1.80 bits per heavy atom. The summed E-state index contributed by atoms with van der Waals surface area (Å²) in [7, 11) is 0. The van der Waals surface area contributed by atoms with E-state index < -0.39 is 0 Å². The largest absolute Gasteiger partial charge is 0.351 e. The molecule has 0 radical (unpaired) electrons. The first-order valence-corrected chi connectivity index (χ1v) is 6.06. The molecule has 0 fully saturated rings. The Morgan fingerprint density at radius 3 is 2.35 bits per heavy atom. The summed E-state index contributed by atoms with van der Waals surface area (Å²) in [5.41, 5.74) is 0.628. The first kappa shape index (κ1) is 13.5. The summed E-state index contributed by atoms with van der Waals surface area (Å²) in [5.74, 6) is 0.417. The summed E-state index contributed by atoms with van der Waals surface area (Å²) in [5, 5.41) is 2.71. The molecule has 2 heterocycles. The van der Waals surface area contributed by atoms with Gasteiger partial charge in [0.15, 0.2) is 0 Å². The normalized spacial score (nSPS) is 9.20. The number of imidazole rings is 1. The highest BCUT2D eigenvalue weighted by atomic mass is 16.1.